The molecule has 1 aromatic carbocycles. The van der Waals surface area contributed by atoms with Crippen LogP contribution in [0, 0.1) is 6.92 Å². The van der Waals surface area contributed by atoms with Gasteiger partial charge >= 0.3 is 5.97 Å². The van der Waals surface area contributed by atoms with Crippen LogP contribution >= 0.6 is 11.3 Å². The van der Waals surface area contributed by atoms with Crippen molar-refractivity contribution in [1.82, 2.24) is 10.3 Å². The van der Waals surface area contributed by atoms with Crippen LogP contribution in [-0.4, -0.2) is 22.0 Å². The third-order valence-electron chi connectivity index (χ3n) is 2.97. The Balaban J connectivity index is 2.01. The van der Waals surface area contributed by atoms with Crippen LogP contribution in [0.2, 0.25) is 0 Å². The smallest absolute Gasteiger partial charge is 0.355 e. The van der Waals surface area contributed by atoms with E-state index in [1.165, 1.54) is 11.3 Å². The van der Waals surface area contributed by atoms with Crippen LogP contribution in [-0.2, 0) is 11.2 Å². The molecule has 5 nitrogen and oxygen atoms in total. The predicted molar refractivity (Wildman–Crippen MR) is 80.5 cm³/mol. The molecule has 0 aliphatic rings. The molecule has 0 aliphatic heterocycles. The quantitative estimate of drug-likeness (QED) is 0.889. The summed E-state index contributed by atoms with van der Waals surface area (Å²) in [5.74, 6) is -1.16. The fraction of sp³-hybridized carbons (Fsp3) is 0.267. The minimum atomic E-state index is -1.04. The van der Waals surface area contributed by atoms with Crippen LogP contribution in [0.4, 0.5) is 0 Å². The molecule has 6 heteroatoms. The molecule has 0 bridgehead atoms. The largest absolute Gasteiger partial charge is 0.476 e. The first-order valence-corrected chi connectivity index (χ1v) is 7.33. The van der Waals surface area contributed by atoms with E-state index in [-0.39, 0.29) is 17.6 Å². The Morgan fingerprint density at radius 1 is 1.33 bits per heavy atom. The molecule has 0 fully saturated rings. The summed E-state index contributed by atoms with van der Waals surface area (Å²) < 4.78 is 0. The summed E-state index contributed by atoms with van der Waals surface area (Å²) in [6, 6.07) is 9.14. The minimum absolute atomic E-state index is 0.0548. The molecule has 1 aromatic heterocycles. The maximum Gasteiger partial charge on any atom is 0.355 e. The molecule has 1 heterocycles. The Bertz CT molecular complexity index is 652. The Morgan fingerprint density at radius 2 is 2.00 bits per heavy atom. The molecule has 0 aliphatic carbocycles. The molecule has 21 heavy (non-hydrogen) atoms. The van der Waals surface area contributed by atoms with Crippen molar-refractivity contribution in [2.24, 2.45) is 0 Å². The summed E-state index contributed by atoms with van der Waals surface area (Å²) in [5.41, 5.74) is 0.989. The van der Waals surface area contributed by atoms with E-state index in [4.69, 9.17) is 5.11 Å². The van der Waals surface area contributed by atoms with Crippen LogP contribution in [0.1, 0.15) is 38.9 Å². The highest BCUT2D eigenvalue weighted by atomic mass is 32.1. The fourth-order valence-corrected chi connectivity index (χ4v) is 2.85. The van der Waals surface area contributed by atoms with Gasteiger partial charge in [0.25, 0.3) is 0 Å². The van der Waals surface area contributed by atoms with Gasteiger partial charge in [0.1, 0.15) is 5.01 Å². The Hall–Kier alpha value is -2.21. The van der Waals surface area contributed by atoms with E-state index in [1.54, 1.807) is 13.8 Å². The van der Waals surface area contributed by atoms with Crippen molar-refractivity contribution in [3.63, 3.8) is 0 Å². The number of carbonyl (C=O) groups is 2. The van der Waals surface area contributed by atoms with Crippen molar-refractivity contribution in [3.8, 4) is 0 Å². The van der Waals surface area contributed by atoms with Crippen molar-refractivity contribution < 1.29 is 14.7 Å². The van der Waals surface area contributed by atoms with Gasteiger partial charge in [-0.15, -0.1) is 11.3 Å². The number of carboxylic acid groups (broad SMARTS) is 1. The van der Waals surface area contributed by atoms with E-state index in [2.05, 4.69) is 10.3 Å². The minimum Gasteiger partial charge on any atom is -0.476 e. The zero-order valence-electron chi connectivity index (χ0n) is 11.8. The number of aryl methyl sites for hydroxylation is 1. The van der Waals surface area contributed by atoms with Crippen LogP contribution < -0.4 is 5.32 Å². The summed E-state index contributed by atoms with van der Waals surface area (Å²) in [6.45, 7) is 3.51. The summed E-state index contributed by atoms with van der Waals surface area (Å²) in [7, 11) is 0. The molecule has 0 spiro atoms. The standard InChI is InChI=1S/C15H16N2O3S/c1-9(14-17-13(15(19)20)10(2)21-14)16-12(18)8-11-6-4-3-5-7-11/h3-7,9H,8H2,1-2H3,(H,16,18)(H,19,20). The summed E-state index contributed by atoms with van der Waals surface area (Å²) >= 11 is 1.29. The molecule has 0 saturated carbocycles. The second-order valence-corrected chi connectivity index (χ2v) is 5.95. The lowest BCUT2D eigenvalue weighted by Gasteiger charge is -2.11. The van der Waals surface area contributed by atoms with Gasteiger partial charge in [-0.25, -0.2) is 9.78 Å². The van der Waals surface area contributed by atoms with E-state index in [0.717, 1.165) is 5.56 Å². The van der Waals surface area contributed by atoms with Gasteiger partial charge in [0.05, 0.1) is 12.5 Å². The van der Waals surface area contributed by atoms with Crippen LogP contribution in [0.15, 0.2) is 30.3 Å². The lowest BCUT2D eigenvalue weighted by atomic mass is 10.1. The number of carbonyl (C=O) groups excluding carboxylic acids is 1. The van der Waals surface area contributed by atoms with Crippen molar-refractivity contribution >= 4 is 23.2 Å². The van der Waals surface area contributed by atoms with E-state index in [9.17, 15) is 9.59 Å². The zero-order valence-corrected chi connectivity index (χ0v) is 12.6. The van der Waals surface area contributed by atoms with Crippen LogP contribution in [0.3, 0.4) is 0 Å². The van der Waals surface area contributed by atoms with E-state index in [0.29, 0.717) is 16.3 Å². The van der Waals surface area contributed by atoms with E-state index in [1.807, 2.05) is 30.3 Å². The molecular weight excluding hydrogens is 288 g/mol. The van der Waals surface area contributed by atoms with Gasteiger partial charge in [-0.1, -0.05) is 30.3 Å². The molecule has 2 rings (SSSR count). The third kappa shape index (κ3) is 3.88. The average molecular weight is 304 g/mol. The Morgan fingerprint density at radius 3 is 2.57 bits per heavy atom. The van der Waals surface area contributed by atoms with Gasteiger partial charge < -0.3 is 10.4 Å². The lowest BCUT2D eigenvalue weighted by molar-refractivity contribution is -0.121. The number of rotatable bonds is 5. The van der Waals surface area contributed by atoms with Crippen LogP contribution in [0.25, 0.3) is 0 Å². The SMILES string of the molecule is Cc1sc(C(C)NC(=O)Cc2ccccc2)nc1C(=O)O. The first-order valence-electron chi connectivity index (χ1n) is 6.51. The number of amides is 1. The number of carboxylic acids is 1. The van der Waals surface area contributed by atoms with Gasteiger partial charge in [-0.2, -0.15) is 0 Å². The zero-order chi connectivity index (χ0) is 15.4. The van der Waals surface area contributed by atoms with E-state index >= 15 is 0 Å². The first kappa shape index (κ1) is 15.2. The number of thiazole rings is 1. The van der Waals surface area contributed by atoms with Gasteiger partial charge in [0.15, 0.2) is 5.69 Å². The van der Waals surface area contributed by atoms with Crippen LogP contribution in [0.5, 0.6) is 0 Å². The Kier molecular flexibility index (Phi) is 4.70. The van der Waals surface area contributed by atoms with Crippen molar-refractivity contribution in [2.45, 2.75) is 26.3 Å². The number of hydrogen-bond donors (Lipinski definition) is 2. The molecule has 0 radical (unpaired) electrons. The summed E-state index contributed by atoms with van der Waals surface area (Å²) in [6.07, 6.45) is 0.293. The highest BCUT2D eigenvalue weighted by molar-refractivity contribution is 7.11. The fourth-order valence-electron chi connectivity index (χ4n) is 1.94. The third-order valence-corrected chi connectivity index (χ3v) is 4.12. The number of aromatic nitrogens is 1. The molecule has 110 valence electrons. The summed E-state index contributed by atoms with van der Waals surface area (Å²) in [4.78, 5) is 27.7. The molecule has 2 aromatic rings. The predicted octanol–water partition coefficient (Wildman–Crippen LogP) is 2.57. The molecule has 1 unspecified atom stereocenters. The number of aromatic carboxylic acids is 1. The monoisotopic (exact) mass is 304 g/mol. The second kappa shape index (κ2) is 6.49. The number of nitrogens with zero attached hydrogens (tertiary/aromatic N) is 1. The van der Waals surface area contributed by atoms with Crippen molar-refractivity contribution in [2.75, 3.05) is 0 Å². The molecule has 2 N–H and O–H groups in total. The maximum atomic E-state index is 12.0. The summed E-state index contributed by atoms with van der Waals surface area (Å²) in [5, 5.41) is 12.4. The number of benzene rings is 1. The molecule has 0 saturated heterocycles. The van der Waals surface area contributed by atoms with Gasteiger partial charge in [-0.3, -0.25) is 4.79 Å². The maximum absolute atomic E-state index is 12.0. The highest BCUT2D eigenvalue weighted by Crippen LogP contribution is 2.23. The number of nitrogens with one attached hydrogen (secondary N) is 1. The topological polar surface area (TPSA) is 79.3 Å². The molecule has 1 amide bonds. The Labute approximate surface area is 126 Å². The molecular formula is C15H16N2O3S. The number of hydrogen-bond acceptors (Lipinski definition) is 4. The van der Waals surface area contributed by atoms with E-state index < -0.39 is 5.97 Å². The highest BCUT2D eigenvalue weighted by Gasteiger charge is 2.19. The van der Waals surface area contributed by atoms with Crippen molar-refractivity contribution in [1.29, 1.82) is 0 Å². The van der Waals surface area contributed by atoms with Gasteiger partial charge in [-0.05, 0) is 19.4 Å². The second-order valence-electron chi connectivity index (χ2n) is 4.71. The van der Waals surface area contributed by atoms with Gasteiger partial charge in [0.2, 0.25) is 5.91 Å². The van der Waals surface area contributed by atoms with Crippen molar-refractivity contribution in [3.05, 3.63) is 51.5 Å². The molecule has 1 atom stereocenters. The normalized spacial score (nSPS) is 11.9. The lowest BCUT2D eigenvalue weighted by Crippen LogP contribution is -2.28. The first-order chi connectivity index (χ1) is 9.97. The van der Waals surface area contributed by atoms with Gasteiger partial charge in [0, 0.05) is 4.88 Å². The average Bonchev–Trinajstić information content (AvgIpc) is 2.82.